The zero-order valence-electron chi connectivity index (χ0n) is 6.36. The minimum absolute atomic E-state index is 0. The molecule has 13 heteroatoms. The molecule has 0 saturated heterocycles. The van der Waals surface area contributed by atoms with Gasteiger partial charge in [0, 0.05) is 35.6 Å². The summed E-state index contributed by atoms with van der Waals surface area (Å²) >= 11 is 0. The van der Waals surface area contributed by atoms with E-state index in [2.05, 4.69) is 0 Å². The molecule has 0 amide bonds. The van der Waals surface area contributed by atoms with Crippen LogP contribution < -0.4 is 6.15 Å². The molecule has 0 spiro atoms. The van der Waals surface area contributed by atoms with E-state index in [-0.39, 0.29) is 79.3 Å². The van der Waals surface area contributed by atoms with E-state index in [1.807, 2.05) is 0 Å². The first-order valence-electron chi connectivity index (χ1n) is 0.548. The molecule has 0 bridgehead atoms. The molecule has 0 aliphatic heterocycles. The number of rotatable bonds is 0. The van der Waals surface area contributed by atoms with E-state index >= 15 is 0 Å². The van der Waals surface area contributed by atoms with Gasteiger partial charge in [0.1, 0.15) is 0 Å². The largest absolute Gasteiger partial charge is 0.412 e. The quantitative estimate of drug-likeness (QED) is 0.333. The van der Waals surface area contributed by atoms with Crippen molar-refractivity contribution >= 4 is 0 Å². The van der Waals surface area contributed by atoms with Crippen molar-refractivity contribution in [3.05, 3.63) is 15.3 Å². The third kappa shape index (κ3) is 605000. The second-order valence-corrected chi connectivity index (χ2v) is 0.224. The molecule has 0 aliphatic carbocycles. The monoisotopic (exact) mass is 346 g/mol. The first-order chi connectivity index (χ1) is 1.73. The van der Waals surface area contributed by atoms with Crippen molar-refractivity contribution in [1.29, 1.82) is 0 Å². The number of halogens is 1. The molecule has 0 aromatic heterocycles. The first kappa shape index (κ1) is 204. The number of hydrogen-bond donors (Lipinski definition) is 1. The van der Waals surface area contributed by atoms with Gasteiger partial charge in [0.05, 0.1) is 5.09 Å². The van der Waals surface area contributed by atoms with E-state index in [4.69, 9.17) is 15.3 Å². The van der Waals surface area contributed by atoms with Gasteiger partial charge >= 0.3 is 0 Å². The van der Waals surface area contributed by atoms with Crippen molar-refractivity contribution in [2.24, 2.45) is 0 Å². The Hall–Kier alpha value is 0.0448. The Morgan fingerprint density at radius 1 is 0.769 bits per heavy atom. The minimum atomic E-state index is -1.75. The molecule has 91 valence electrons. The van der Waals surface area contributed by atoms with E-state index in [0.717, 1.165) is 0 Å². The van der Waals surface area contributed by atoms with Crippen LogP contribution in [0.5, 0.6) is 0 Å². The van der Waals surface area contributed by atoms with Crippen LogP contribution in [0.1, 0.15) is 0 Å². The van der Waals surface area contributed by atoms with E-state index in [9.17, 15) is 0 Å². The standard InChI is InChI=1S/FH.La.NO3.H3N.6H2O/c;;2-1(3)4;;;;;;;/h1H;;;1H3;6*1H2/q;;-1;;;;;;;. The molecular weight excluding hydrogens is 330 g/mol. The van der Waals surface area contributed by atoms with Gasteiger partial charge in [-0.3, -0.25) is 4.70 Å². The Balaban J connectivity index is -0.00000000125. The van der Waals surface area contributed by atoms with E-state index in [1.54, 1.807) is 0 Å². The maximum absolute atomic E-state index is 8.25. The van der Waals surface area contributed by atoms with Gasteiger partial charge in [-0.2, -0.15) is 0 Å². The number of hydrogen-bond acceptors (Lipinski definition) is 4. The molecule has 0 rings (SSSR count). The summed E-state index contributed by atoms with van der Waals surface area (Å²) in [5, 5.41) is 14.8. The van der Waals surface area contributed by atoms with E-state index in [0.29, 0.717) is 0 Å². The van der Waals surface area contributed by atoms with E-state index < -0.39 is 5.09 Å². The second kappa shape index (κ2) is 158. The fourth-order valence-electron chi connectivity index (χ4n) is 0. The van der Waals surface area contributed by atoms with Crippen molar-refractivity contribution in [2.75, 3.05) is 0 Å². The van der Waals surface area contributed by atoms with Gasteiger partial charge in [0.15, 0.2) is 0 Å². The normalized spacial score (nSPS) is 1.85. The van der Waals surface area contributed by atoms with Crippen LogP contribution in [0.25, 0.3) is 0 Å². The third-order valence-corrected chi connectivity index (χ3v) is 0. The van der Waals surface area contributed by atoms with Crippen molar-refractivity contribution in [2.45, 2.75) is 0 Å². The van der Waals surface area contributed by atoms with Gasteiger partial charge in [-0.25, -0.2) is 0 Å². The second-order valence-electron chi connectivity index (χ2n) is 0.224. The van der Waals surface area contributed by atoms with E-state index in [1.165, 1.54) is 0 Å². The zero-order chi connectivity index (χ0) is 3.58. The van der Waals surface area contributed by atoms with Crippen LogP contribution in [0, 0.1) is 50.9 Å². The fourth-order valence-corrected chi connectivity index (χ4v) is 0. The predicted octanol–water partition coefficient (Wildman–Crippen LogP) is -4.87. The summed E-state index contributed by atoms with van der Waals surface area (Å²) in [6.07, 6.45) is 0. The van der Waals surface area contributed by atoms with Gasteiger partial charge in [0.2, 0.25) is 0 Å². The molecule has 0 unspecified atom stereocenters. The molecule has 0 fully saturated rings. The van der Waals surface area contributed by atoms with Crippen LogP contribution in [-0.4, -0.2) is 37.9 Å². The van der Waals surface area contributed by atoms with Crippen molar-refractivity contribution in [3.63, 3.8) is 0 Å². The average molecular weight is 346 g/mol. The predicted molar refractivity (Wildman–Crippen MR) is 39.6 cm³/mol. The first-order valence-corrected chi connectivity index (χ1v) is 0.548. The molecule has 0 saturated carbocycles. The maximum atomic E-state index is 8.25. The molecule has 0 heterocycles. The summed E-state index contributed by atoms with van der Waals surface area (Å²) in [4.78, 5) is 8.25. The molecular formula is H16FLaN2O9-. The maximum Gasteiger partial charge on any atom is 0.0689 e. The molecule has 1 radical (unpaired) electrons. The summed E-state index contributed by atoms with van der Waals surface area (Å²) < 4.78 is 0. The molecule has 11 nitrogen and oxygen atoms in total. The fraction of sp³-hybridized carbons (Fsp3) is 0. The van der Waals surface area contributed by atoms with Crippen LogP contribution >= 0.6 is 0 Å². The van der Waals surface area contributed by atoms with Crippen molar-refractivity contribution < 1.29 is 78.2 Å². The Kier molecular flexibility index (Phi) is 2490. The van der Waals surface area contributed by atoms with Crippen molar-refractivity contribution in [3.8, 4) is 0 Å². The molecule has 0 aromatic carbocycles. The smallest absolute Gasteiger partial charge is 0.0689 e. The summed E-state index contributed by atoms with van der Waals surface area (Å²) in [5.74, 6) is 0. The van der Waals surface area contributed by atoms with Crippen LogP contribution in [-0.2, 0) is 0 Å². The molecule has 13 heavy (non-hydrogen) atoms. The Labute approximate surface area is 99.6 Å². The molecule has 0 aromatic rings. The van der Waals surface area contributed by atoms with Gasteiger partial charge in [-0.1, -0.05) is 0 Å². The summed E-state index contributed by atoms with van der Waals surface area (Å²) in [6.45, 7) is 0. The third-order valence-electron chi connectivity index (χ3n) is 0. The Morgan fingerprint density at radius 2 is 0.769 bits per heavy atom. The Morgan fingerprint density at radius 3 is 0.769 bits per heavy atom. The van der Waals surface area contributed by atoms with Gasteiger partial charge in [-0.05, 0) is 0 Å². The molecule has 0 atom stereocenters. The zero-order valence-corrected chi connectivity index (χ0v) is 9.99. The summed E-state index contributed by atoms with van der Waals surface area (Å²) in [7, 11) is 0. The van der Waals surface area contributed by atoms with Gasteiger partial charge in [0.25, 0.3) is 0 Å². The van der Waals surface area contributed by atoms with Gasteiger partial charge < -0.3 is 54.3 Å². The summed E-state index contributed by atoms with van der Waals surface area (Å²) in [5.41, 5.74) is 0. The average Bonchev–Trinajstić information content (AvgIpc) is 0.811. The van der Waals surface area contributed by atoms with Crippen LogP contribution in [0.3, 0.4) is 0 Å². The minimum Gasteiger partial charge on any atom is -0.412 e. The SMILES string of the molecule is F.N.O.O.O.O.O.O.O=[N+]([O-])[O-].[La]. The topological polar surface area (TPSA) is 290 Å². The van der Waals surface area contributed by atoms with Crippen LogP contribution in [0.4, 0.5) is 4.70 Å². The molecule has 0 aliphatic rings. The van der Waals surface area contributed by atoms with Crippen LogP contribution in [0.15, 0.2) is 0 Å². The molecule has 15 N–H and O–H groups in total. The Bertz CT molecular complexity index is 40.6. The van der Waals surface area contributed by atoms with Crippen molar-refractivity contribution in [1.82, 2.24) is 6.15 Å². The van der Waals surface area contributed by atoms with Crippen LogP contribution in [0.2, 0.25) is 0 Å². The number of nitrogens with zero attached hydrogens (tertiary/aromatic N) is 1. The summed E-state index contributed by atoms with van der Waals surface area (Å²) in [6, 6.07) is 0. The van der Waals surface area contributed by atoms with Gasteiger partial charge in [-0.15, -0.1) is 0 Å².